The molecule has 1 aromatic rings. The number of hydrogen-bond donors (Lipinski definition) is 1. The van der Waals surface area contributed by atoms with Crippen molar-refractivity contribution in [3.8, 4) is 0 Å². The Morgan fingerprint density at radius 2 is 2.21 bits per heavy atom. The minimum atomic E-state index is -0.0612. The third-order valence-corrected chi connectivity index (χ3v) is 3.19. The summed E-state index contributed by atoms with van der Waals surface area (Å²) in [5.41, 5.74) is 1.94. The van der Waals surface area contributed by atoms with Crippen LogP contribution in [0.4, 0.5) is 0 Å². The van der Waals surface area contributed by atoms with Crippen LogP contribution in [-0.4, -0.2) is 23.6 Å². The van der Waals surface area contributed by atoms with Gasteiger partial charge in [0.2, 0.25) is 5.91 Å². The highest BCUT2D eigenvalue weighted by Crippen LogP contribution is 2.40. The molecular formula is C15H22N2O2. The third-order valence-electron chi connectivity index (χ3n) is 3.19. The summed E-state index contributed by atoms with van der Waals surface area (Å²) in [6.45, 7) is 5.94. The quantitative estimate of drug-likeness (QED) is 0.856. The van der Waals surface area contributed by atoms with E-state index in [1.54, 1.807) is 0 Å². The van der Waals surface area contributed by atoms with Crippen LogP contribution in [0.3, 0.4) is 0 Å². The number of amides is 1. The van der Waals surface area contributed by atoms with Crippen molar-refractivity contribution in [2.75, 3.05) is 6.61 Å². The van der Waals surface area contributed by atoms with Crippen LogP contribution in [0.5, 0.6) is 0 Å². The number of rotatable bonds is 6. The maximum absolute atomic E-state index is 11.9. The lowest BCUT2D eigenvalue weighted by Gasteiger charge is -2.18. The zero-order valence-electron chi connectivity index (χ0n) is 11.8. The molecule has 1 amide bonds. The Labute approximate surface area is 114 Å². The van der Waals surface area contributed by atoms with Gasteiger partial charge in [-0.1, -0.05) is 6.07 Å². The molecule has 19 heavy (non-hydrogen) atoms. The van der Waals surface area contributed by atoms with Crippen LogP contribution in [0.2, 0.25) is 0 Å². The number of nitrogens with one attached hydrogen (secondary N) is 1. The average molecular weight is 262 g/mol. The molecule has 104 valence electrons. The predicted molar refractivity (Wildman–Crippen MR) is 73.7 cm³/mol. The molecular weight excluding hydrogens is 240 g/mol. The molecule has 2 rings (SSSR count). The smallest absolute Gasteiger partial charge is 0.246 e. The van der Waals surface area contributed by atoms with Crippen molar-refractivity contribution in [2.45, 2.75) is 45.8 Å². The van der Waals surface area contributed by atoms with Gasteiger partial charge >= 0.3 is 0 Å². The molecule has 0 spiro atoms. The largest absolute Gasteiger partial charge is 0.369 e. The van der Waals surface area contributed by atoms with Gasteiger partial charge in [-0.05, 0) is 51.7 Å². The standard InChI is InChI=1S/C15H22N2O2/c1-10(2)19-9-14(18)17-15(12-7-8-12)13-6-4-5-11(3)16-13/h4-6,10,12,15H,7-9H2,1-3H3,(H,17,18)/t15-/m0/s1. The molecule has 4 heteroatoms. The average Bonchev–Trinajstić information content (AvgIpc) is 3.17. The molecule has 0 radical (unpaired) electrons. The van der Waals surface area contributed by atoms with Crippen molar-refractivity contribution in [3.63, 3.8) is 0 Å². The first-order valence-corrected chi connectivity index (χ1v) is 6.91. The van der Waals surface area contributed by atoms with Crippen molar-refractivity contribution >= 4 is 5.91 Å². The van der Waals surface area contributed by atoms with E-state index in [1.165, 1.54) is 0 Å². The summed E-state index contributed by atoms with van der Waals surface area (Å²) >= 11 is 0. The summed E-state index contributed by atoms with van der Waals surface area (Å²) in [7, 11) is 0. The molecule has 1 heterocycles. The van der Waals surface area contributed by atoms with E-state index in [0.717, 1.165) is 24.2 Å². The Hall–Kier alpha value is -1.42. The van der Waals surface area contributed by atoms with E-state index in [9.17, 15) is 4.79 Å². The Kier molecular flexibility index (Phi) is 4.53. The molecule has 1 fully saturated rings. The summed E-state index contributed by atoms with van der Waals surface area (Å²) in [5, 5.41) is 3.05. The number of pyridine rings is 1. The molecule has 0 saturated heterocycles. The van der Waals surface area contributed by atoms with E-state index >= 15 is 0 Å². The van der Waals surface area contributed by atoms with Gasteiger partial charge < -0.3 is 10.1 Å². The van der Waals surface area contributed by atoms with E-state index in [1.807, 2.05) is 39.0 Å². The molecule has 1 aliphatic carbocycles. The van der Waals surface area contributed by atoms with E-state index in [4.69, 9.17) is 4.74 Å². The number of hydrogen-bond acceptors (Lipinski definition) is 3. The van der Waals surface area contributed by atoms with E-state index in [-0.39, 0.29) is 24.7 Å². The maximum Gasteiger partial charge on any atom is 0.246 e. The van der Waals surface area contributed by atoms with Crippen LogP contribution in [0.15, 0.2) is 18.2 Å². The normalized spacial score (nSPS) is 16.4. The van der Waals surface area contributed by atoms with Crippen LogP contribution in [0.25, 0.3) is 0 Å². The zero-order valence-corrected chi connectivity index (χ0v) is 11.8. The first kappa shape index (κ1) is 14.0. The van der Waals surface area contributed by atoms with Crippen LogP contribution in [-0.2, 0) is 9.53 Å². The molecule has 1 N–H and O–H groups in total. The predicted octanol–water partition coefficient (Wildman–Crippen LogP) is 2.38. The van der Waals surface area contributed by atoms with Gasteiger partial charge in [0, 0.05) is 5.69 Å². The van der Waals surface area contributed by atoms with Crippen LogP contribution in [0.1, 0.15) is 44.1 Å². The number of ether oxygens (including phenoxy) is 1. The second-order valence-corrected chi connectivity index (χ2v) is 5.45. The third kappa shape index (κ3) is 4.31. The Balaban J connectivity index is 1.99. The Morgan fingerprint density at radius 1 is 1.47 bits per heavy atom. The zero-order chi connectivity index (χ0) is 13.8. The van der Waals surface area contributed by atoms with Gasteiger partial charge in [-0.15, -0.1) is 0 Å². The van der Waals surface area contributed by atoms with Crippen LogP contribution in [0, 0.1) is 12.8 Å². The number of aromatic nitrogens is 1. The number of aryl methyl sites for hydroxylation is 1. The molecule has 1 aromatic heterocycles. The number of carbonyl (C=O) groups is 1. The summed E-state index contributed by atoms with van der Waals surface area (Å²) in [5.74, 6) is 0.464. The fraction of sp³-hybridized carbons (Fsp3) is 0.600. The first-order valence-electron chi connectivity index (χ1n) is 6.91. The van der Waals surface area contributed by atoms with Gasteiger partial charge in [-0.25, -0.2) is 0 Å². The van der Waals surface area contributed by atoms with Crippen LogP contribution < -0.4 is 5.32 Å². The summed E-state index contributed by atoms with van der Waals surface area (Å²) < 4.78 is 5.33. The summed E-state index contributed by atoms with van der Waals surface area (Å²) in [6.07, 6.45) is 2.39. The van der Waals surface area contributed by atoms with Crippen LogP contribution >= 0.6 is 0 Å². The Morgan fingerprint density at radius 3 is 2.79 bits per heavy atom. The molecule has 0 aromatic carbocycles. The van der Waals surface area contributed by atoms with Gasteiger partial charge in [-0.2, -0.15) is 0 Å². The maximum atomic E-state index is 11.9. The molecule has 1 saturated carbocycles. The SMILES string of the molecule is Cc1cccc([C@@H](NC(=O)COC(C)C)C2CC2)n1. The second-order valence-electron chi connectivity index (χ2n) is 5.45. The Bertz CT molecular complexity index is 442. The number of carbonyl (C=O) groups excluding carboxylic acids is 1. The fourth-order valence-electron chi connectivity index (χ4n) is 2.06. The topological polar surface area (TPSA) is 51.2 Å². The highest BCUT2D eigenvalue weighted by Gasteiger charge is 2.34. The monoisotopic (exact) mass is 262 g/mol. The molecule has 0 unspecified atom stereocenters. The van der Waals surface area contributed by atoms with Crippen molar-refractivity contribution in [3.05, 3.63) is 29.6 Å². The van der Waals surface area contributed by atoms with Crippen molar-refractivity contribution < 1.29 is 9.53 Å². The minimum Gasteiger partial charge on any atom is -0.369 e. The summed E-state index contributed by atoms with van der Waals surface area (Å²) in [4.78, 5) is 16.4. The second kappa shape index (κ2) is 6.15. The van der Waals surface area contributed by atoms with Gasteiger partial charge in [-0.3, -0.25) is 9.78 Å². The molecule has 1 atom stereocenters. The first-order chi connectivity index (χ1) is 9.06. The lowest BCUT2D eigenvalue weighted by atomic mass is 10.1. The van der Waals surface area contributed by atoms with Crippen molar-refractivity contribution in [1.29, 1.82) is 0 Å². The minimum absolute atomic E-state index is 0.0307. The molecule has 0 aliphatic heterocycles. The van der Waals surface area contributed by atoms with E-state index in [2.05, 4.69) is 10.3 Å². The van der Waals surface area contributed by atoms with Gasteiger partial charge in [0.1, 0.15) is 6.61 Å². The lowest BCUT2D eigenvalue weighted by molar-refractivity contribution is -0.128. The van der Waals surface area contributed by atoms with Crippen molar-refractivity contribution in [1.82, 2.24) is 10.3 Å². The van der Waals surface area contributed by atoms with Gasteiger partial charge in [0.15, 0.2) is 0 Å². The molecule has 4 nitrogen and oxygen atoms in total. The van der Waals surface area contributed by atoms with E-state index < -0.39 is 0 Å². The highest BCUT2D eigenvalue weighted by molar-refractivity contribution is 5.77. The fourth-order valence-corrected chi connectivity index (χ4v) is 2.06. The number of nitrogens with zero attached hydrogens (tertiary/aromatic N) is 1. The van der Waals surface area contributed by atoms with Gasteiger partial charge in [0.05, 0.1) is 17.8 Å². The lowest BCUT2D eigenvalue weighted by Crippen LogP contribution is -2.34. The molecule has 0 bridgehead atoms. The van der Waals surface area contributed by atoms with E-state index in [0.29, 0.717) is 5.92 Å². The summed E-state index contributed by atoms with van der Waals surface area (Å²) in [6, 6.07) is 5.98. The van der Waals surface area contributed by atoms with Gasteiger partial charge in [0.25, 0.3) is 0 Å². The van der Waals surface area contributed by atoms with Crippen molar-refractivity contribution in [2.24, 2.45) is 5.92 Å². The highest BCUT2D eigenvalue weighted by atomic mass is 16.5. The molecule has 1 aliphatic rings.